The Morgan fingerprint density at radius 2 is 1.38 bits per heavy atom. The molecule has 2 unspecified atom stereocenters. The molecule has 0 radical (unpaired) electrons. The molecule has 176 valence electrons. The van der Waals surface area contributed by atoms with Gasteiger partial charge in [0.2, 0.25) is 0 Å². The second kappa shape index (κ2) is 16.4. The van der Waals surface area contributed by atoms with Gasteiger partial charge in [0.05, 0.1) is 19.6 Å². The lowest BCUT2D eigenvalue weighted by molar-refractivity contribution is -0.909. The Labute approximate surface area is 176 Å². The standard InChI is InChI=1S/C20H41N.CHF3O3S/c1-3-5-7-8-9-10-11-12-13-17-21-18-14-16-20(19-21)15-6-4-2;2-1(3,4)8(5,6)7/h20H,3-19H2,1-2H3;(H,5,6,7). The molecule has 1 fully saturated rings. The van der Waals surface area contributed by atoms with Crippen LogP contribution in [0.5, 0.6) is 0 Å². The van der Waals surface area contributed by atoms with Gasteiger partial charge in [-0.3, -0.25) is 0 Å². The normalized spacial score (nSPS) is 20.2. The van der Waals surface area contributed by atoms with Crippen LogP contribution in [-0.4, -0.2) is 38.1 Å². The highest BCUT2D eigenvalue weighted by Gasteiger charge is 2.36. The first-order chi connectivity index (χ1) is 13.6. The van der Waals surface area contributed by atoms with Crippen molar-refractivity contribution in [3.05, 3.63) is 0 Å². The maximum Gasteiger partial charge on any atom is 0.485 e. The number of piperidine rings is 1. The SMILES string of the molecule is CCCCCCCCCCC[NH+]1CCCC(CCCC)C1.O=S(=O)([O-])C(F)(F)F. The molecule has 1 saturated heterocycles. The fourth-order valence-corrected chi connectivity index (χ4v) is 3.91. The van der Waals surface area contributed by atoms with Crippen LogP contribution in [0.25, 0.3) is 0 Å². The molecular formula is C21H42F3NO3S. The molecule has 1 N–H and O–H groups in total. The van der Waals surface area contributed by atoms with Gasteiger partial charge in [0.25, 0.3) is 0 Å². The van der Waals surface area contributed by atoms with Crippen molar-refractivity contribution in [3.63, 3.8) is 0 Å². The Balaban J connectivity index is 0.000000828. The van der Waals surface area contributed by atoms with E-state index in [1.807, 2.05) is 4.90 Å². The molecular weight excluding hydrogens is 403 g/mol. The second-order valence-electron chi connectivity index (χ2n) is 8.33. The van der Waals surface area contributed by atoms with Gasteiger partial charge < -0.3 is 9.45 Å². The number of halogens is 3. The summed E-state index contributed by atoms with van der Waals surface area (Å²) in [4.78, 5) is 1.92. The minimum absolute atomic E-state index is 1.05. The number of alkyl halides is 3. The molecule has 0 spiro atoms. The molecule has 1 aliphatic rings. The van der Waals surface area contributed by atoms with Crippen LogP contribution in [0, 0.1) is 5.92 Å². The van der Waals surface area contributed by atoms with Gasteiger partial charge in [-0.25, -0.2) is 8.42 Å². The maximum atomic E-state index is 10.7. The Morgan fingerprint density at radius 3 is 1.86 bits per heavy atom. The summed E-state index contributed by atoms with van der Waals surface area (Å²) in [6.07, 6.45) is 20.5. The predicted molar refractivity (Wildman–Crippen MR) is 111 cm³/mol. The van der Waals surface area contributed by atoms with Crippen LogP contribution in [0.4, 0.5) is 13.2 Å². The molecule has 1 rings (SSSR count). The summed E-state index contributed by atoms with van der Waals surface area (Å²) >= 11 is 0. The van der Waals surface area contributed by atoms with Gasteiger partial charge in [0.15, 0.2) is 10.1 Å². The molecule has 0 aromatic carbocycles. The Morgan fingerprint density at radius 1 is 0.897 bits per heavy atom. The maximum absolute atomic E-state index is 10.7. The Kier molecular flexibility index (Phi) is 16.2. The van der Waals surface area contributed by atoms with Crippen LogP contribution in [0.2, 0.25) is 0 Å². The summed E-state index contributed by atoms with van der Waals surface area (Å²) < 4.78 is 58.9. The number of likely N-dealkylation sites (tertiary alicyclic amines) is 1. The van der Waals surface area contributed by atoms with E-state index in [0.717, 1.165) is 5.92 Å². The highest BCUT2D eigenvalue weighted by atomic mass is 32.2. The van der Waals surface area contributed by atoms with Crippen molar-refractivity contribution in [1.82, 2.24) is 0 Å². The van der Waals surface area contributed by atoms with Gasteiger partial charge in [-0.15, -0.1) is 0 Å². The minimum atomic E-state index is -6.09. The average molecular weight is 446 g/mol. The monoisotopic (exact) mass is 445 g/mol. The Bertz CT molecular complexity index is 484. The largest absolute Gasteiger partial charge is 0.741 e. The van der Waals surface area contributed by atoms with E-state index in [1.54, 1.807) is 0 Å². The van der Waals surface area contributed by atoms with Gasteiger partial charge in [-0.05, 0) is 32.1 Å². The first-order valence-corrected chi connectivity index (χ1v) is 12.9. The molecule has 2 atom stereocenters. The highest BCUT2D eigenvalue weighted by molar-refractivity contribution is 7.86. The third-order valence-electron chi connectivity index (χ3n) is 5.60. The van der Waals surface area contributed by atoms with Crippen molar-refractivity contribution in [2.24, 2.45) is 5.92 Å². The zero-order chi connectivity index (χ0) is 22.2. The molecule has 0 aromatic heterocycles. The lowest BCUT2D eigenvalue weighted by Gasteiger charge is -2.30. The molecule has 0 bridgehead atoms. The summed E-state index contributed by atoms with van der Waals surface area (Å²) in [6.45, 7) is 9.03. The minimum Gasteiger partial charge on any atom is -0.741 e. The summed E-state index contributed by atoms with van der Waals surface area (Å²) in [7, 11) is -6.09. The molecule has 8 heteroatoms. The number of quaternary nitrogens is 1. The van der Waals surface area contributed by atoms with Crippen LogP contribution in [0.15, 0.2) is 0 Å². The number of hydrogen-bond acceptors (Lipinski definition) is 3. The van der Waals surface area contributed by atoms with Crippen molar-refractivity contribution in [2.75, 3.05) is 19.6 Å². The number of hydrogen-bond donors (Lipinski definition) is 1. The van der Waals surface area contributed by atoms with Crippen LogP contribution in [0.1, 0.15) is 104 Å². The van der Waals surface area contributed by atoms with E-state index in [2.05, 4.69) is 13.8 Å². The highest BCUT2D eigenvalue weighted by Crippen LogP contribution is 2.20. The van der Waals surface area contributed by atoms with E-state index in [-0.39, 0.29) is 0 Å². The van der Waals surface area contributed by atoms with Crippen molar-refractivity contribution in [1.29, 1.82) is 0 Å². The zero-order valence-electron chi connectivity index (χ0n) is 18.4. The van der Waals surface area contributed by atoms with Gasteiger partial charge >= 0.3 is 5.51 Å². The van der Waals surface area contributed by atoms with E-state index < -0.39 is 15.6 Å². The fraction of sp³-hybridized carbons (Fsp3) is 1.00. The molecule has 0 amide bonds. The molecule has 0 aliphatic carbocycles. The molecule has 29 heavy (non-hydrogen) atoms. The lowest BCUT2D eigenvalue weighted by atomic mass is 9.92. The third-order valence-corrected chi connectivity index (χ3v) is 6.17. The molecule has 4 nitrogen and oxygen atoms in total. The molecule has 0 aromatic rings. The first kappa shape index (κ1) is 28.7. The van der Waals surface area contributed by atoms with Gasteiger partial charge in [-0.2, -0.15) is 13.2 Å². The summed E-state index contributed by atoms with van der Waals surface area (Å²) in [5.41, 5.74) is -5.65. The van der Waals surface area contributed by atoms with Gasteiger partial charge in [0, 0.05) is 5.92 Å². The van der Waals surface area contributed by atoms with Crippen molar-refractivity contribution in [2.45, 2.75) is 109 Å². The molecule has 1 aliphatic heterocycles. The van der Waals surface area contributed by atoms with E-state index in [1.165, 1.54) is 110 Å². The zero-order valence-corrected chi connectivity index (χ0v) is 19.2. The van der Waals surface area contributed by atoms with E-state index in [0.29, 0.717) is 0 Å². The number of nitrogens with one attached hydrogen (secondary N) is 1. The lowest BCUT2D eigenvalue weighted by Crippen LogP contribution is -3.13. The third kappa shape index (κ3) is 16.1. The average Bonchev–Trinajstić information content (AvgIpc) is 2.64. The van der Waals surface area contributed by atoms with Gasteiger partial charge in [0.1, 0.15) is 0 Å². The number of rotatable bonds is 13. The fourth-order valence-electron chi connectivity index (χ4n) is 3.91. The second-order valence-corrected chi connectivity index (χ2v) is 9.70. The van der Waals surface area contributed by atoms with E-state index >= 15 is 0 Å². The van der Waals surface area contributed by atoms with Crippen molar-refractivity contribution in [3.8, 4) is 0 Å². The summed E-state index contributed by atoms with van der Waals surface area (Å²) in [5, 5.41) is 0. The van der Waals surface area contributed by atoms with Crippen LogP contribution in [-0.2, 0) is 10.1 Å². The van der Waals surface area contributed by atoms with Crippen molar-refractivity contribution >= 4 is 10.1 Å². The summed E-state index contributed by atoms with van der Waals surface area (Å²) in [5.74, 6) is 1.05. The Hall–Kier alpha value is -0.340. The van der Waals surface area contributed by atoms with Crippen LogP contribution < -0.4 is 4.90 Å². The van der Waals surface area contributed by atoms with Crippen LogP contribution in [0.3, 0.4) is 0 Å². The van der Waals surface area contributed by atoms with E-state index in [4.69, 9.17) is 13.0 Å². The van der Waals surface area contributed by atoms with Crippen LogP contribution >= 0.6 is 0 Å². The quantitative estimate of drug-likeness (QED) is 0.245. The summed E-state index contributed by atoms with van der Waals surface area (Å²) in [6, 6.07) is 0. The topological polar surface area (TPSA) is 61.6 Å². The smallest absolute Gasteiger partial charge is 0.485 e. The van der Waals surface area contributed by atoms with Gasteiger partial charge in [-0.1, -0.05) is 71.6 Å². The first-order valence-electron chi connectivity index (χ1n) is 11.5. The molecule has 0 saturated carbocycles. The van der Waals surface area contributed by atoms with Crippen molar-refractivity contribution < 1.29 is 31.0 Å². The van der Waals surface area contributed by atoms with E-state index in [9.17, 15) is 13.2 Å². The molecule has 1 heterocycles. The number of unbranched alkanes of at least 4 members (excludes halogenated alkanes) is 9. The predicted octanol–water partition coefficient (Wildman–Crippen LogP) is 5.05.